The number of nitrogens with zero attached hydrogens (tertiary/aromatic N) is 1. The Morgan fingerprint density at radius 3 is 2.38 bits per heavy atom. The van der Waals surface area contributed by atoms with Crippen LogP contribution in [0, 0.1) is 15.9 Å². The van der Waals surface area contributed by atoms with E-state index in [4.69, 9.17) is 4.74 Å². The summed E-state index contributed by atoms with van der Waals surface area (Å²) in [6.07, 6.45) is 0. The lowest BCUT2D eigenvalue weighted by molar-refractivity contribution is -0.385. The van der Waals surface area contributed by atoms with Crippen molar-refractivity contribution in [3.8, 4) is 11.5 Å². The summed E-state index contributed by atoms with van der Waals surface area (Å²) in [6, 6.07) is 17.8. The average Bonchev–Trinajstić information content (AvgIpc) is 2.63. The van der Waals surface area contributed by atoms with Gasteiger partial charge in [0.15, 0.2) is 0 Å². The van der Waals surface area contributed by atoms with Crippen molar-refractivity contribution in [2.45, 2.75) is 0 Å². The van der Waals surface area contributed by atoms with E-state index in [-0.39, 0.29) is 11.3 Å². The van der Waals surface area contributed by atoms with Crippen LogP contribution in [0.15, 0.2) is 72.8 Å². The van der Waals surface area contributed by atoms with Gasteiger partial charge in [-0.05, 0) is 42.5 Å². The van der Waals surface area contributed by atoms with Gasteiger partial charge in [-0.2, -0.15) is 0 Å². The van der Waals surface area contributed by atoms with Crippen molar-refractivity contribution in [1.29, 1.82) is 0 Å². The summed E-state index contributed by atoms with van der Waals surface area (Å²) in [7, 11) is 0. The maximum absolute atomic E-state index is 13.2. The third kappa shape index (κ3) is 4.02. The molecule has 0 aliphatic heterocycles. The summed E-state index contributed by atoms with van der Waals surface area (Å²) >= 11 is 0. The van der Waals surface area contributed by atoms with Crippen molar-refractivity contribution >= 4 is 17.3 Å². The number of benzene rings is 3. The van der Waals surface area contributed by atoms with Crippen molar-refractivity contribution in [2.75, 3.05) is 5.32 Å². The van der Waals surface area contributed by atoms with Gasteiger partial charge in [0.1, 0.15) is 22.9 Å². The first-order valence-electron chi connectivity index (χ1n) is 7.61. The predicted molar refractivity (Wildman–Crippen MR) is 94.0 cm³/mol. The standard InChI is InChI=1S/C19H13FN2O4/c20-13-4-3-5-16(12-13)26-15-10-8-14(9-11-15)21-19(23)17-6-1-2-7-18(17)22(24)25/h1-12H,(H,21,23). The summed E-state index contributed by atoms with van der Waals surface area (Å²) in [5.74, 6) is -0.187. The number of hydrogen-bond acceptors (Lipinski definition) is 4. The lowest BCUT2D eigenvalue weighted by Gasteiger charge is -2.08. The molecule has 0 spiro atoms. The molecule has 0 aliphatic carbocycles. The zero-order chi connectivity index (χ0) is 18.5. The molecule has 26 heavy (non-hydrogen) atoms. The van der Waals surface area contributed by atoms with Crippen LogP contribution in [0.2, 0.25) is 0 Å². The fraction of sp³-hybridized carbons (Fsp3) is 0. The predicted octanol–water partition coefficient (Wildman–Crippen LogP) is 4.78. The highest BCUT2D eigenvalue weighted by atomic mass is 19.1. The molecule has 0 atom stereocenters. The van der Waals surface area contributed by atoms with Crippen molar-refractivity contribution in [2.24, 2.45) is 0 Å². The minimum Gasteiger partial charge on any atom is -0.457 e. The van der Waals surface area contributed by atoms with E-state index in [1.54, 1.807) is 36.4 Å². The number of ether oxygens (including phenoxy) is 1. The molecule has 1 N–H and O–H groups in total. The summed E-state index contributed by atoms with van der Waals surface area (Å²) in [4.78, 5) is 22.7. The van der Waals surface area contributed by atoms with Crippen LogP contribution in [0.1, 0.15) is 10.4 Å². The van der Waals surface area contributed by atoms with E-state index >= 15 is 0 Å². The highest BCUT2D eigenvalue weighted by Gasteiger charge is 2.19. The van der Waals surface area contributed by atoms with E-state index in [1.165, 1.54) is 36.4 Å². The summed E-state index contributed by atoms with van der Waals surface area (Å²) in [5.41, 5.74) is 0.147. The zero-order valence-electron chi connectivity index (χ0n) is 13.4. The second-order valence-corrected chi connectivity index (χ2v) is 5.31. The fourth-order valence-corrected chi connectivity index (χ4v) is 2.30. The highest BCUT2D eigenvalue weighted by Crippen LogP contribution is 2.24. The Hall–Kier alpha value is -3.74. The first kappa shape index (κ1) is 17.1. The third-order valence-corrected chi connectivity index (χ3v) is 3.49. The third-order valence-electron chi connectivity index (χ3n) is 3.49. The number of nitro groups is 1. The maximum Gasteiger partial charge on any atom is 0.282 e. The molecule has 0 bridgehead atoms. The second kappa shape index (κ2) is 7.43. The SMILES string of the molecule is O=C(Nc1ccc(Oc2cccc(F)c2)cc1)c1ccccc1[N+](=O)[O-]. The summed E-state index contributed by atoms with van der Waals surface area (Å²) in [6.45, 7) is 0. The molecule has 0 fully saturated rings. The molecule has 0 saturated heterocycles. The molecule has 3 aromatic carbocycles. The molecule has 1 amide bonds. The average molecular weight is 352 g/mol. The molecule has 0 radical (unpaired) electrons. The lowest BCUT2D eigenvalue weighted by Crippen LogP contribution is -2.13. The van der Waals surface area contributed by atoms with Gasteiger partial charge in [-0.1, -0.05) is 18.2 Å². The molecule has 0 aliphatic rings. The normalized spacial score (nSPS) is 10.2. The Morgan fingerprint density at radius 2 is 1.69 bits per heavy atom. The van der Waals surface area contributed by atoms with Gasteiger partial charge in [-0.15, -0.1) is 0 Å². The van der Waals surface area contributed by atoms with Crippen LogP contribution >= 0.6 is 0 Å². The van der Waals surface area contributed by atoms with Crippen LogP contribution in [0.5, 0.6) is 11.5 Å². The van der Waals surface area contributed by atoms with Crippen molar-refractivity contribution in [3.63, 3.8) is 0 Å². The minimum absolute atomic E-state index is 0.0300. The number of nitro benzene ring substituents is 1. The van der Waals surface area contributed by atoms with E-state index in [0.29, 0.717) is 17.2 Å². The van der Waals surface area contributed by atoms with E-state index in [0.717, 1.165) is 0 Å². The van der Waals surface area contributed by atoms with Gasteiger partial charge in [0.25, 0.3) is 11.6 Å². The number of carbonyl (C=O) groups is 1. The molecule has 130 valence electrons. The number of amides is 1. The minimum atomic E-state index is -0.606. The van der Waals surface area contributed by atoms with Gasteiger partial charge in [-0.3, -0.25) is 14.9 Å². The van der Waals surface area contributed by atoms with Crippen LogP contribution in [-0.4, -0.2) is 10.8 Å². The molecule has 7 heteroatoms. The number of anilines is 1. The van der Waals surface area contributed by atoms with Crippen LogP contribution in [0.3, 0.4) is 0 Å². The molecule has 0 heterocycles. The molecular formula is C19H13FN2O4. The van der Waals surface area contributed by atoms with Gasteiger partial charge in [0.2, 0.25) is 0 Å². The monoisotopic (exact) mass is 352 g/mol. The van der Waals surface area contributed by atoms with Crippen LogP contribution in [0.25, 0.3) is 0 Å². The van der Waals surface area contributed by atoms with Gasteiger partial charge < -0.3 is 10.1 Å². The quantitative estimate of drug-likeness (QED) is 0.529. The van der Waals surface area contributed by atoms with Crippen molar-refractivity contribution < 1.29 is 18.8 Å². The molecule has 3 aromatic rings. The smallest absolute Gasteiger partial charge is 0.282 e. The molecule has 0 unspecified atom stereocenters. The molecule has 0 saturated carbocycles. The zero-order valence-corrected chi connectivity index (χ0v) is 13.4. The summed E-state index contributed by atoms with van der Waals surface area (Å²) in [5, 5.41) is 13.6. The van der Waals surface area contributed by atoms with Gasteiger partial charge in [0.05, 0.1) is 4.92 Å². The van der Waals surface area contributed by atoms with Gasteiger partial charge >= 0.3 is 0 Å². The van der Waals surface area contributed by atoms with E-state index in [2.05, 4.69) is 5.32 Å². The highest BCUT2D eigenvalue weighted by molar-refractivity contribution is 6.07. The molecular weight excluding hydrogens is 339 g/mol. The number of para-hydroxylation sites is 1. The topological polar surface area (TPSA) is 81.5 Å². The molecule has 0 aromatic heterocycles. The van der Waals surface area contributed by atoms with Gasteiger partial charge in [-0.25, -0.2) is 4.39 Å². The second-order valence-electron chi connectivity index (χ2n) is 5.31. The molecule has 6 nitrogen and oxygen atoms in total. The van der Waals surface area contributed by atoms with Crippen molar-refractivity contribution in [1.82, 2.24) is 0 Å². The Balaban J connectivity index is 1.71. The van der Waals surface area contributed by atoms with E-state index < -0.39 is 16.6 Å². The first-order valence-corrected chi connectivity index (χ1v) is 7.61. The number of carbonyl (C=O) groups excluding carboxylic acids is 1. The number of hydrogen-bond donors (Lipinski definition) is 1. The van der Waals surface area contributed by atoms with Crippen LogP contribution in [0.4, 0.5) is 15.8 Å². The summed E-state index contributed by atoms with van der Waals surface area (Å²) < 4.78 is 18.7. The number of nitrogens with one attached hydrogen (secondary N) is 1. The first-order chi connectivity index (χ1) is 12.5. The van der Waals surface area contributed by atoms with Crippen LogP contribution in [-0.2, 0) is 0 Å². The molecule has 3 rings (SSSR count). The van der Waals surface area contributed by atoms with Crippen LogP contribution < -0.4 is 10.1 Å². The number of rotatable bonds is 5. The Bertz CT molecular complexity index is 958. The fourth-order valence-electron chi connectivity index (χ4n) is 2.30. The Kier molecular flexibility index (Phi) is 4.89. The Labute approximate surface area is 148 Å². The number of halogens is 1. The van der Waals surface area contributed by atoms with Crippen molar-refractivity contribution in [3.05, 3.63) is 94.3 Å². The van der Waals surface area contributed by atoms with E-state index in [1.807, 2.05) is 0 Å². The lowest BCUT2D eigenvalue weighted by atomic mass is 10.1. The largest absolute Gasteiger partial charge is 0.457 e. The maximum atomic E-state index is 13.2. The van der Waals surface area contributed by atoms with Gasteiger partial charge in [0, 0.05) is 17.8 Å². The van der Waals surface area contributed by atoms with E-state index in [9.17, 15) is 19.3 Å². The Morgan fingerprint density at radius 1 is 0.962 bits per heavy atom.